The number of carbonyl (C=O) groups is 1. The summed E-state index contributed by atoms with van der Waals surface area (Å²) in [6.45, 7) is 2.63. The summed E-state index contributed by atoms with van der Waals surface area (Å²) in [7, 11) is 3.32. The smallest absolute Gasteiger partial charge is 0.328 e. The van der Waals surface area contributed by atoms with Gasteiger partial charge in [0.1, 0.15) is 5.60 Å². The third-order valence-electron chi connectivity index (χ3n) is 6.93. The molecule has 0 unspecified atom stereocenters. The molecule has 1 saturated carbocycles. The molecule has 0 spiro atoms. The highest BCUT2D eigenvalue weighted by Crippen LogP contribution is 2.33. The van der Waals surface area contributed by atoms with Crippen molar-refractivity contribution in [1.29, 1.82) is 0 Å². The van der Waals surface area contributed by atoms with E-state index in [-0.39, 0.29) is 31.3 Å². The molecule has 2 heterocycles. The summed E-state index contributed by atoms with van der Waals surface area (Å²) in [5.74, 6) is -0.200. The van der Waals surface area contributed by atoms with Crippen molar-refractivity contribution in [3.8, 4) is 0 Å². The molecule has 35 heavy (non-hydrogen) atoms. The normalized spacial score (nSPS) is 22.4. The number of aromatic amines is 1. The van der Waals surface area contributed by atoms with Crippen molar-refractivity contribution in [2.75, 3.05) is 20.8 Å². The number of rotatable bonds is 7. The lowest BCUT2D eigenvalue weighted by atomic mass is 9.79. The predicted molar refractivity (Wildman–Crippen MR) is 128 cm³/mol. The number of fused-ring (bicyclic) bond motifs is 1. The Morgan fingerprint density at radius 3 is 2.83 bits per heavy atom. The number of nitrogens with one attached hydrogen (secondary N) is 1. The first-order valence-corrected chi connectivity index (χ1v) is 11.5. The largest absolute Gasteiger partial charge is 0.390 e. The second-order valence-electron chi connectivity index (χ2n) is 9.30. The molecule has 188 valence electrons. The van der Waals surface area contributed by atoms with Gasteiger partial charge in [0.2, 0.25) is 0 Å². The molecule has 1 fully saturated rings. The molecule has 0 aliphatic heterocycles. The van der Waals surface area contributed by atoms with Gasteiger partial charge in [-0.3, -0.25) is 19.1 Å². The van der Waals surface area contributed by atoms with Crippen LogP contribution in [-0.2, 0) is 17.8 Å². The molecule has 1 aliphatic rings. The van der Waals surface area contributed by atoms with Gasteiger partial charge < -0.3 is 24.4 Å². The maximum Gasteiger partial charge on any atom is 0.328 e. The minimum absolute atomic E-state index is 0.155. The molecule has 3 atom stereocenters. The van der Waals surface area contributed by atoms with Gasteiger partial charge in [0, 0.05) is 44.1 Å². The van der Waals surface area contributed by atoms with Gasteiger partial charge in [-0.15, -0.1) is 0 Å². The van der Waals surface area contributed by atoms with E-state index in [9.17, 15) is 24.6 Å². The number of aliphatic hydroxyl groups excluding tert-OH is 1. The number of H-pyrrole nitrogens is 1. The van der Waals surface area contributed by atoms with Gasteiger partial charge in [0.05, 0.1) is 36.6 Å². The quantitative estimate of drug-likeness (QED) is 0.436. The number of imidazole rings is 1. The number of methoxy groups -OCH3 is 1. The first kappa shape index (κ1) is 24.8. The van der Waals surface area contributed by atoms with Crippen molar-refractivity contribution in [3.63, 3.8) is 0 Å². The number of aromatic nitrogens is 4. The predicted octanol–water partition coefficient (Wildman–Crippen LogP) is 0.258. The minimum Gasteiger partial charge on any atom is -0.390 e. The van der Waals surface area contributed by atoms with E-state index in [1.54, 1.807) is 44.4 Å². The molecule has 0 bridgehead atoms. The maximum absolute atomic E-state index is 13.2. The van der Waals surface area contributed by atoms with Gasteiger partial charge in [-0.05, 0) is 44.4 Å². The van der Waals surface area contributed by atoms with Gasteiger partial charge in [-0.25, -0.2) is 9.78 Å². The number of amides is 1. The summed E-state index contributed by atoms with van der Waals surface area (Å²) in [4.78, 5) is 45.1. The number of benzene rings is 1. The zero-order valence-electron chi connectivity index (χ0n) is 20.1. The Hall–Kier alpha value is -3.28. The zero-order chi connectivity index (χ0) is 25.3. The topological polar surface area (TPSA) is 143 Å². The average Bonchev–Trinajstić information content (AvgIpc) is 3.24. The van der Waals surface area contributed by atoms with E-state index in [2.05, 4.69) is 9.97 Å². The lowest BCUT2D eigenvalue weighted by molar-refractivity contribution is -0.122. The average molecular weight is 486 g/mol. The van der Waals surface area contributed by atoms with Crippen LogP contribution in [0.4, 0.5) is 0 Å². The fraction of sp³-hybridized carbons (Fsp3) is 0.500. The molecule has 3 aromatic rings. The standard InChI is InChI=1S/C24H31N5O6/c1-15-12-29(23(33)26-21(15)31)13-24(34)7-6-17(11-20(24)30)27(2)22(32)16-4-5-19-18(10-16)25-14-28(19)8-9-35-3/h4-5,10,12,14,17,20,30,34H,6-9,11,13H2,1-3H3,(H,26,31,33)/t17-,20+,24+/m0/s1. The highest BCUT2D eigenvalue weighted by molar-refractivity contribution is 5.97. The number of nitrogens with zero attached hydrogens (tertiary/aromatic N) is 4. The summed E-state index contributed by atoms with van der Waals surface area (Å²) < 4.78 is 8.29. The van der Waals surface area contributed by atoms with E-state index < -0.39 is 23.0 Å². The Labute approximate surface area is 201 Å². The summed E-state index contributed by atoms with van der Waals surface area (Å²) in [5.41, 5.74) is -0.238. The Morgan fingerprint density at radius 2 is 2.11 bits per heavy atom. The molecule has 11 nitrogen and oxygen atoms in total. The van der Waals surface area contributed by atoms with Crippen LogP contribution in [0.3, 0.4) is 0 Å². The number of hydrogen-bond donors (Lipinski definition) is 3. The summed E-state index contributed by atoms with van der Waals surface area (Å²) in [6, 6.07) is 5.07. The highest BCUT2D eigenvalue weighted by Gasteiger charge is 2.43. The van der Waals surface area contributed by atoms with Crippen LogP contribution in [0.15, 0.2) is 40.3 Å². The van der Waals surface area contributed by atoms with Crippen molar-refractivity contribution >= 4 is 16.9 Å². The number of carbonyl (C=O) groups excluding carboxylic acids is 1. The van der Waals surface area contributed by atoms with Crippen LogP contribution in [-0.4, -0.2) is 78.6 Å². The van der Waals surface area contributed by atoms with Crippen molar-refractivity contribution in [2.45, 2.75) is 57.0 Å². The molecule has 4 rings (SSSR count). The SMILES string of the molecule is COCCn1cnc2cc(C(=O)N(C)[C@H]3CC[C@@](O)(Cn4cc(C)c(=O)[nH]c4=O)[C@H](O)C3)ccc21. The van der Waals surface area contributed by atoms with Crippen LogP contribution >= 0.6 is 0 Å². The van der Waals surface area contributed by atoms with Crippen LogP contribution < -0.4 is 11.2 Å². The van der Waals surface area contributed by atoms with E-state index in [0.717, 1.165) is 5.52 Å². The summed E-state index contributed by atoms with van der Waals surface area (Å²) in [6.07, 6.45) is 2.72. The molecule has 1 amide bonds. The summed E-state index contributed by atoms with van der Waals surface area (Å²) >= 11 is 0. The van der Waals surface area contributed by atoms with Crippen molar-refractivity contribution in [2.24, 2.45) is 0 Å². The van der Waals surface area contributed by atoms with Gasteiger partial charge >= 0.3 is 5.69 Å². The second kappa shape index (κ2) is 9.76. The highest BCUT2D eigenvalue weighted by atomic mass is 16.5. The van der Waals surface area contributed by atoms with E-state index in [1.165, 1.54) is 10.8 Å². The number of aliphatic hydroxyl groups is 2. The molecule has 3 N–H and O–H groups in total. The molecular weight excluding hydrogens is 454 g/mol. The Balaban J connectivity index is 1.45. The lowest BCUT2D eigenvalue weighted by Crippen LogP contribution is -2.55. The van der Waals surface area contributed by atoms with Crippen LogP contribution in [0.5, 0.6) is 0 Å². The van der Waals surface area contributed by atoms with Crippen molar-refractivity contribution in [1.82, 2.24) is 24.0 Å². The lowest BCUT2D eigenvalue weighted by Gasteiger charge is -2.43. The second-order valence-corrected chi connectivity index (χ2v) is 9.30. The fourth-order valence-corrected chi connectivity index (χ4v) is 4.68. The van der Waals surface area contributed by atoms with Crippen LogP contribution in [0.2, 0.25) is 0 Å². The number of aryl methyl sites for hydroxylation is 1. The first-order valence-electron chi connectivity index (χ1n) is 11.5. The van der Waals surface area contributed by atoms with E-state index >= 15 is 0 Å². The number of ether oxygens (including phenoxy) is 1. The third kappa shape index (κ3) is 4.93. The van der Waals surface area contributed by atoms with Crippen molar-refractivity contribution < 1.29 is 19.7 Å². The fourth-order valence-electron chi connectivity index (χ4n) is 4.68. The van der Waals surface area contributed by atoms with Gasteiger partial charge in [-0.1, -0.05) is 0 Å². The van der Waals surface area contributed by atoms with Crippen LogP contribution in [0.1, 0.15) is 35.2 Å². The molecule has 11 heteroatoms. The molecule has 0 saturated heterocycles. The Kier molecular flexibility index (Phi) is 6.93. The van der Waals surface area contributed by atoms with E-state index in [4.69, 9.17) is 4.74 Å². The Bertz CT molecular complexity index is 1340. The van der Waals surface area contributed by atoms with E-state index in [1.807, 2.05) is 10.6 Å². The number of hydrogen-bond acceptors (Lipinski definition) is 7. The summed E-state index contributed by atoms with van der Waals surface area (Å²) in [5, 5.41) is 21.9. The van der Waals surface area contributed by atoms with Crippen molar-refractivity contribution in [3.05, 3.63) is 62.7 Å². The minimum atomic E-state index is -1.55. The Morgan fingerprint density at radius 1 is 1.34 bits per heavy atom. The third-order valence-corrected chi connectivity index (χ3v) is 6.93. The first-order chi connectivity index (χ1) is 16.6. The van der Waals surface area contributed by atoms with Gasteiger partial charge in [-0.2, -0.15) is 0 Å². The van der Waals surface area contributed by atoms with Gasteiger partial charge in [0.25, 0.3) is 11.5 Å². The molecule has 0 radical (unpaired) electrons. The zero-order valence-corrected chi connectivity index (χ0v) is 20.1. The molecule has 1 aliphatic carbocycles. The monoisotopic (exact) mass is 485 g/mol. The van der Waals surface area contributed by atoms with Crippen LogP contribution in [0.25, 0.3) is 11.0 Å². The van der Waals surface area contributed by atoms with Gasteiger partial charge in [0.15, 0.2) is 0 Å². The molecule has 2 aromatic heterocycles. The molecular formula is C24H31N5O6. The maximum atomic E-state index is 13.2. The molecule has 1 aromatic carbocycles. The van der Waals surface area contributed by atoms with E-state index in [0.29, 0.717) is 36.2 Å². The van der Waals surface area contributed by atoms with Crippen LogP contribution in [0, 0.1) is 6.92 Å².